The van der Waals surface area contributed by atoms with Crippen LogP contribution in [0.4, 0.5) is 11.4 Å². The third-order valence-corrected chi connectivity index (χ3v) is 4.95. The van der Waals surface area contributed by atoms with Crippen LogP contribution in [0.3, 0.4) is 0 Å². The summed E-state index contributed by atoms with van der Waals surface area (Å²) in [7, 11) is 1.53. The zero-order valence-corrected chi connectivity index (χ0v) is 16.0. The van der Waals surface area contributed by atoms with Crippen molar-refractivity contribution in [2.75, 3.05) is 43.5 Å². The molecule has 1 aromatic heterocycles. The number of aromatic nitrogens is 1. The van der Waals surface area contributed by atoms with Crippen LogP contribution >= 0.6 is 11.6 Å². The maximum Gasteiger partial charge on any atom is 0.257 e. The van der Waals surface area contributed by atoms with Crippen LogP contribution in [-0.4, -0.2) is 55.5 Å². The van der Waals surface area contributed by atoms with Gasteiger partial charge in [0.15, 0.2) is 0 Å². The second-order valence-corrected chi connectivity index (χ2v) is 6.72. The Morgan fingerprint density at radius 3 is 2.63 bits per heavy atom. The van der Waals surface area contributed by atoms with E-state index in [-0.39, 0.29) is 5.91 Å². The Balaban J connectivity index is 1.76. The third kappa shape index (κ3) is 4.31. The molecule has 2 aromatic rings. The molecule has 142 valence electrons. The Kier molecular flexibility index (Phi) is 5.81. The van der Waals surface area contributed by atoms with Crippen molar-refractivity contribution in [1.82, 2.24) is 9.88 Å². The second kappa shape index (κ2) is 8.26. The van der Waals surface area contributed by atoms with Crippen molar-refractivity contribution in [3.05, 3.63) is 46.7 Å². The largest absolute Gasteiger partial charge is 0.495 e. The fraction of sp³-hybridized carbons (Fsp3) is 0.316. The van der Waals surface area contributed by atoms with Gasteiger partial charge < -0.3 is 19.9 Å². The quantitative estimate of drug-likeness (QED) is 0.797. The highest BCUT2D eigenvalue weighted by Gasteiger charge is 2.18. The van der Waals surface area contributed by atoms with Gasteiger partial charge in [-0.05, 0) is 24.6 Å². The highest BCUT2D eigenvalue weighted by atomic mass is 35.5. The lowest BCUT2D eigenvalue weighted by Crippen LogP contribution is -2.45. The Morgan fingerprint density at radius 2 is 1.96 bits per heavy atom. The number of carbonyl (C=O) groups is 2. The van der Waals surface area contributed by atoms with E-state index in [4.69, 9.17) is 16.3 Å². The van der Waals surface area contributed by atoms with Crippen molar-refractivity contribution in [3.8, 4) is 5.75 Å². The number of hydrogen-bond donors (Lipinski definition) is 1. The number of nitrogens with one attached hydrogen (secondary N) is 1. The van der Waals surface area contributed by atoms with Crippen LogP contribution in [0.5, 0.6) is 5.75 Å². The third-order valence-electron chi connectivity index (χ3n) is 4.54. The average Bonchev–Trinajstić information content (AvgIpc) is 2.70. The molecule has 2 heterocycles. The van der Waals surface area contributed by atoms with Crippen LogP contribution in [0.15, 0.2) is 30.6 Å². The Bertz CT molecular complexity index is 851. The summed E-state index contributed by atoms with van der Waals surface area (Å²) in [5, 5.41) is 3.43. The Hall–Kier alpha value is -2.80. The fourth-order valence-electron chi connectivity index (χ4n) is 2.93. The van der Waals surface area contributed by atoms with Crippen LogP contribution in [0.25, 0.3) is 0 Å². The summed E-state index contributed by atoms with van der Waals surface area (Å²) >= 11 is 6.11. The lowest BCUT2D eigenvalue weighted by molar-refractivity contribution is -0.118. The number of piperazine rings is 1. The molecule has 1 aliphatic rings. The maximum absolute atomic E-state index is 12.7. The minimum Gasteiger partial charge on any atom is -0.495 e. The SMILES string of the molecule is COc1cc(Cl)c(C)cc1NC(=O)c1cncc(N2CCN(C=O)CC2)c1. The second-order valence-electron chi connectivity index (χ2n) is 6.32. The number of anilines is 2. The molecule has 1 fully saturated rings. The molecule has 8 heteroatoms. The number of halogens is 1. The summed E-state index contributed by atoms with van der Waals surface area (Å²) < 4.78 is 5.30. The van der Waals surface area contributed by atoms with Gasteiger partial charge in [-0.15, -0.1) is 0 Å². The molecule has 0 radical (unpaired) electrons. The fourth-order valence-corrected chi connectivity index (χ4v) is 3.09. The van der Waals surface area contributed by atoms with Gasteiger partial charge in [-0.1, -0.05) is 11.6 Å². The number of rotatable bonds is 5. The van der Waals surface area contributed by atoms with Gasteiger partial charge >= 0.3 is 0 Å². The lowest BCUT2D eigenvalue weighted by Gasteiger charge is -2.34. The highest BCUT2D eigenvalue weighted by Crippen LogP contribution is 2.31. The van der Waals surface area contributed by atoms with Gasteiger partial charge in [0, 0.05) is 43.5 Å². The van der Waals surface area contributed by atoms with Crippen LogP contribution in [-0.2, 0) is 4.79 Å². The molecule has 0 saturated carbocycles. The molecule has 27 heavy (non-hydrogen) atoms. The molecule has 1 N–H and O–H groups in total. The van der Waals surface area contributed by atoms with Gasteiger partial charge in [-0.25, -0.2) is 0 Å². The van der Waals surface area contributed by atoms with E-state index in [0.29, 0.717) is 48.2 Å². The van der Waals surface area contributed by atoms with Crippen molar-refractivity contribution in [3.63, 3.8) is 0 Å². The van der Waals surface area contributed by atoms with E-state index < -0.39 is 0 Å². The number of aryl methyl sites for hydroxylation is 1. The molecule has 1 aromatic carbocycles. The number of pyridine rings is 1. The standard InChI is InChI=1S/C19H21ClN4O3/c1-13-7-17(18(27-2)9-16(13)20)22-19(26)14-8-15(11-21-10-14)24-5-3-23(12-25)4-6-24/h7-12H,3-6H2,1-2H3,(H,22,26). The summed E-state index contributed by atoms with van der Waals surface area (Å²) in [6.45, 7) is 4.58. The summed E-state index contributed by atoms with van der Waals surface area (Å²) in [5.74, 6) is 0.212. The zero-order chi connectivity index (χ0) is 19.4. The normalized spacial score (nSPS) is 14.0. The van der Waals surface area contributed by atoms with Gasteiger partial charge in [-0.2, -0.15) is 0 Å². The summed E-state index contributed by atoms with van der Waals surface area (Å²) in [5.41, 5.74) is 2.69. The first-order valence-electron chi connectivity index (χ1n) is 8.56. The summed E-state index contributed by atoms with van der Waals surface area (Å²) in [4.78, 5) is 31.6. The van der Waals surface area contributed by atoms with Crippen LogP contribution in [0, 0.1) is 6.92 Å². The number of hydrogen-bond acceptors (Lipinski definition) is 5. The molecular formula is C19H21ClN4O3. The molecule has 0 unspecified atom stereocenters. The summed E-state index contributed by atoms with van der Waals surface area (Å²) in [6.07, 6.45) is 4.11. The predicted molar refractivity (Wildman–Crippen MR) is 105 cm³/mol. The number of ether oxygens (including phenoxy) is 1. The van der Waals surface area contributed by atoms with E-state index in [1.807, 2.05) is 6.92 Å². The van der Waals surface area contributed by atoms with Gasteiger partial charge in [-0.3, -0.25) is 14.6 Å². The number of carbonyl (C=O) groups excluding carboxylic acids is 2. The van der Waals surface area contributed by atoms with Gasteiger partial charge in [0.05, 0.1) is 30.2 Å². The van der Waals surface area contributed by atoms with Crippen molar-refractivity contribution in [2.45, 2.75) is 6.92 Å². The monoisotopic (exact) mass is 388 g/mol. The molecule has 0 aliphatic carbocycles. The van der Waals surface area contributed by atoms with Gasteiger partial charge in [0.1, 0.15) is 5.75 Å². The molecule has 0 bridgehead atoms. The van der Waals surface area contributed by atoms with Crippen molar-refractivity contribution in [1.29, 1.82) is 0 Å². The van der Waals surface area contributed by atoms with Crippen LogP contribution in [0.2, 0.25) is 5.02 Å². The van der Waals surface area contributed by atoms with E-state index in [0.717, 1.165) is 17.7 Å². The Morgan fingerprint density at radius 1 is 1.22 bits per heavy atom. The molecule has 1 saturated heterocycles. The number of nitrogens with zero attached hydrogens (tertiary/aromatic N) is 3. The topological polar surface area (TPSA) is 74.8 Å². The molecule has 2 amide bonds. The average molecular weight is 389 g/mol. The van der Waals surface area contributed by atoms with E-state index in [2.05, 4.69) is 15.2 Å². The van der Waals surface area contributed by atoms with Gasteiger partial charge in [0.25, 0.3) is 5.91 Å². The van der Waals surface area contributed by atoms with Crippen molar-refractivity contribution >= 4 is 35.3 Å². The van der Waals surface area contributed by atoms with Crippen molar-refractivity contribution in [2.24, 2.45) is 0 Å². The first kappa shape index (κ1) is 19.0. The number of methoxy groups -OCH3 is 1. The maximum atomic E-state index is 12.7. The van der Waals surface area contributed by atoms with E-state index in [9.17, 15) is 9.59 Å². The first-order chi connectivity index (χ1) is 13.0. The van der Waals surface area contributed by atoms with Crippen LogP contribution < -0.4 is 15.0 Å². The van der Waals surface area contributed by atoms with E-state index >= 15 is 0 Å². The first-order valence-corrected chi connectivity index (χ1v) is 8.94. The molecule has 0 spiro atoms. The molecule has 3 rings (SSSR count). The molecular weight excluding hydrogens is 368 g/mol. The van der Waals surface area contributed by atoms with E-state index in [1.165, 1.54) is 13.3 Å². The smallest absolute Gasteiger partial charge is 0.257 e. The predicted octanol–water partition coefficient (Wildman–Crippen LogP) is 2.58. The lowest BCUT2D eigenvalue weighted by atomic mass is 10.1. The van der Waals surface area contributed by atoms with Crippen molar-refractivity contribution < 1.29 is 14.3 Å². The number of amides is 2. The van der Waals surface area contributed by atoms with E-state index in [1.54, 1.807) is 29.3 Å². The Labute approximate surface area is 162 Å². The zero-order valence-electron chi connectivity index (χ0n) is 15.2. The van der Waals surface area contributed by atoms with Crippen LogP contribution in [0.1, 0.15) is 15.9 Å². The minimum atomic E-state index is -0.282. The summed E-state index contributed by atoms with van der Waals surface area (Å²) in [6, 6.07) is 5.25. The highest BCUT2D eigenvalue weighted by molar-refractivity contribution is 6.31. The number of benzene rings is 1. The minimum absolute atomic E-state index is 0.282. The molecule has 1 aliphatic heterocycles. The molecule has 7 nitrogen and oxygen atoms in total. The van der Waals surface area contributed by atoms with Gasteiger partial charge in [0.2, 0.25) is 6.41 Å². The molecule has 0 atom stereocenters.